The van der Waals surface area contributed by atoms with Crippen LogP contribution in [0.1, 0.15) is 41.5 Å². The highest BCUT2D eigenvalue weighted by Gasteiger charge is 2.27. The molecular formula is C11H26BrN. The van der Waals surface area contributed by atoms with Gasteiger partial charge in [-0.15, -0.1) is 0 Å². The van der Waals surface area contributed by atoms with Crippen molar-refractivity contribution < 1.29 is 21.5 Å². The molecule has 0 spiro atoms. The summed E-state index contributed by atoms with van der Waals surface area (Å²) in [5, 5.41) is 0. The molecule has 0 aliphatic rings. The summed E-state index contributed by atoms with van der Waals surface area (Å²) < 4.78 is 1.27. The third kappa shape index (κ3) is 5.69. The van der Waals surface area contributed by atoms with Gasteiger partial charge in [0.05, 0.1) is 26.2 Å². The zero-order valence-electron chi connectivity index (χ0n) is 10.2. The Balaban J connectivity index is 0. The lowest BCUT2D eigenvalue weighted by Crippen LogP contribution is -3.00. The molecule has 82 valence electrons. The molecule has 0 heterocycles. The van der Waals surface area contributed by atoms with E-state index < -0.39 is 0 Å². The Bertz CT molecular complexity index is 114. The first-order valence-electron chi connectivity index (χ1n) is 5.24. The minimum absolute atomic E-state index is 0. The molecule has 13 heavy (non-hydrogen) atoms. The predicted molar refractivity (Wildman–Crippen MR) is 56.2 cm³/mol. The molecule has 0 aliphatic heterocycles. The smallest absolute Gasteiger partial charge is 0.0835 e. The Kier molecular flexibility index (Phi) is 7.36. The van der Waals surface area contributed by atoms with Crippen LogP contribution in [0.4, 0.5) is 0 Å². The number of halogens is 1. The summed E-state index contributed by atoms with van der Waals surface area (Å²) in [5.74, 6) is 0. The van der Waals surface area contributed by atoms with Gasteiger partial charge in [-0.1, -0.05) is 20.8 Å². The monoisotopic (exact) mass is 251 g/mol. The van der Waals surface area contributed by atoms with E-state index in [9.17, 15) is 0 Å². The minimum Gasteiger partial charge on any atom is -1.00 e. The van der Waals surface area contributed by atoms with Crippen molar-refractivity contribution in [2.45, 2.75) is 41.5 Å². The molecule has 0 aliphatic carbocycles. The van der Waals surface area contributed by atoms with Gasteiger partial charge in [0.15, 0.2) is 0 Å². The highest BCUT2D eigenvalue weighted by Crippen LogP contribution is 2.20. The second-order valence-electron chi connectivity index (χ2n) is 5.01. The Morgan fingerprint density at radius 1 is 0.846 bits per heavy atom. The summed E-state index contributed by atoms with van der Waals surface area (Å²) in [6.45, 7) is 19.0. The third-order valence-corrected chi connectivity index (χ3v) is 2.82. The average molecular weight is 252 g/mol. The van der Waals surface area contributed by atoms with Crippen LogP contribution in [0.25, 0.3) is 0 Å². The summed E-state index contributed by atoms with van der Waals surface area (Å²) in [5.41, 5.74) is 0.460. The fourth-order valence-corrected chi connectivity index (χ4v) is 2.01. The van der Waals surface area contributed by atoms with Crippen LogP contribution in [-0.2, 0) is 0 Å². The van der Waals surface area contributed by atoms with Crippen molar-refractivity contribution in [2.75, 3.05) is 26.2 Å². The van der Waals surface area contributed by atoms with Crippen LogP contribution in [0.3, 0.4) is 0 Å². The van der Waals surface area contributed by atoms with Crippen molar-refractivity contribution in [1.82, 2.24) is 0 Å². The molecule has 0 atom stereocenters. The summed E-state index contributed by atoms with van der Waals surface area (Å²) in [7, 11) is 0. The fourth-order valence-electron chi connectivity index (χ4n) is 2.01. The zero-order chi connectivity index (χ0) is 9.83. The molecule has 1 nitrogen and oxygen atoms in total. The molecule has 0 bridgehead atoms. The van der Waals surface area contributed by atoms with Crippen molar-refractivity contribution >= 4 is 0 Å². The molecule has 0 N–H and O–H groups in total. The van der Waals surface area contributed by atoms with Crippen LogP contribution in [0.5, 0.6) is 0 Å². The molecule has 0 aromatic heterocycles. The van der Waals surface area contributed by atoms with E-state index in [0.717, 1.165) is 0 Å². The van der Waals surface area contributed by atoms with Crippen LogP contribution < -0.4 is 17.0 Å². The van der Waals surface area contributed by atoms with Gasteiger partial charge in [0.25, 0.3) is 0 Å². The van der Waals surface area contributed by atoms with Gasteiger partial charge in [0.1, 0.15) is 0 Å². The van der Waals surface area contributed by atoms with E-state index in [-0.39, 0.29) is 17.0 Å². The van der Waals surface area contributed by atoms with Crippen molar-refractivity contribution in [1.29, 1.82) is 0 Å². The van der Waals surface area contributed by atoms with Crippen LogP contribution in [-0.4, -0.2) is 30.7 Å². The molecule has 2 heteroatoms. The average Bonchev–Trinajstić information content (AvgIpc) is 1.99. The van der Waals surface area contributed by atoms with Crippen LogP contribution in [0.15, 0.2) is 0 Å². The Labute approximate surface area is 94.9 Å². The van der Waals surface area contributed by atoms with E-state index in [1.807, 2.05) is 0 Å². The van der Waals surface area contributed by atoms with Crippen molar-refractivity contribution in [3.8, 4) is 0 Å². The number of quaternary nitrogens is 1. The molecule has 0 aromatic rings. The molecule has 0 aromatic carbocycles. The molecule has 0 saturated heterocycles. The van der Waals surface area contributed by atoms with Gasteiger partial charge in [-0.05, 0) is 20.8 Å². The van der Waals surface area contributed by atoms with E-state index in [4.69, 9.17) is 0 Å². The number of hydrogen-bond acceptors (Lipinski definition) is 0. The second-order valence-corrected chi connectivity index (χ2v) is 5.01. The zero-order valence-corrected chi connectivity index (χ0v) is 11.7. The minimum atomic E-state index is 0. The summed E-state index contributed by atoms with van der Waals surface area (Å²) in [4.78, 5) is 0. The first-order chi connectivity index (χ1) is 5.39. The van der Waals surface area contributed by atoms with Gasteiger partial charge in [0, 0.05) is 5.41 Å². The van der Waals surface area contributed by atoms with Crippen molar-refractivity contribution in [2.24, 2.45) is 5.41 Å². The van der Waals surface area contributed by atoms with E-state index in [0.29, 0.717) is 5.41 Å². The van der Waals surface area contributed by atoms with Gasteiger partial charge in [-0.2, -0.15) is 0 Å². The van der Waals surface area contributed by atoms with E-state index in [1.54, 1.807) is 0 Å². The first kappa shape index (κ1) is 15.9. The number of rotatable bonds is 4. The standard InChI is InChI=1S/C11H26N.BrH/c1-7-12(8-2,9-3)10-11(4,5)6;/h7-10H2,1-6H3;1H/q+1;/p-1. The highest BCUT2D eigenvalue weighted by atomic mass is 79.9. The highest BCUT2D eigenvalue weighted by molar-refractivity contribution is 4.60. The molecule has 0 radical (unpaired) electrons. The molecular weight excluding hydrogens is 226 g/mol. The Morgan fingerprint density at radius 3 is 1.23 bits per heavy atom. The van der Waals surface area contributed by atoms with E-state index in [1.165, 1.54) is 30.7 Å². The third-order valence-electron chi connectivity index (χ3n) is 2.82. The van der Waals surface area contributed by atoms with Gasteiger partial charge in [-0.3, -0.25) is 0 Å². The van der Waals surface area contributed by atoms with E-state index in [2.05, 4.69) is 41.5 Å². The summed E-state index contributed by atoms with van der Waals surface area (Å²) in [6.07, 6.45) is 0. The number of nitrogens with zero attached hydrogens (tertiary/aromatic N) is 1. The molecule has 0 unspecified atom stereocenters. The maximum atomic E-state index is 2.33. The van der Waals surface area contributed by atoms with Crippen LogP contribution in [0, 0.1) is 5.41 Å². The van der Waals surface area contributed by atoms with Gasteiger partial charge in [0.2, 0.25) is 0 Å². The van der Waals surface area contributed by atoms with Crippen LogP contribution in [0.2, 0.25) is 0 Å². The fraction of sp³-hybridized carbons (Fsp3) is 1.00. The van der Waals surface area contributed by atoms with Gasteiger partial charge < -0.3 is 21.5 Å². The first-order valence-corrected chi connectivity index (χ1v) is 5.24. The Morgan fingerprint density at radius 2 is 1.15 bits per heavy atom. The maximum Gasteiger partial charge on any atom is 0.0835 e. The van der Waals surface area contributed by atoms with Crippen molar-refractivity contribution in [3.05, 3.63) is 0 Å². The van der Waals surface area contributed by atoms with Crippen molar-refractivity contribution in [3.63, 3.8) is 0 Å². The lowest BCUT2D eigenvalue weighted by molar-refractivity contribution is -0.928. The lowest BCUT2D eigenvalue weighted by Gasteiger charge is -2.40. The number of hydrogen-bond donors (Lipinski definition) is 0. The molecule has 0 fully saturated rings. The van der Waals surface area contributed by atoms with E-state index >= 15 is 0 Å². The quantitative estimate of drug-likeness (QED) is 0.614. The molecule has 0 saturated carbocycles. The molecule has 0 rings (SSSR count). The summed E-state index contributed by atoms with van der Waals surface area (Å²) >= 11 is 0. The van der Waals surface area contributed by atoms with Gasteiger partial charge in [-0.25, -0.2) is 0 Å². The predicted octanol–water partition coefficient (Wildman–Crippen LogP) is -0.0870. The lowest BCUT2D eigenvalue weighted by atomic mass is 9.94. The molecule has 0 amide bonds. The van der Waals surface area contributed by atoms with Gasteiger partial charge >= 0.3 is 0 Å². The van der Waals surface area contributed by atoms with Crippen LogP contribution >= 0.6 is 0 Å². The normalized spacial score (nSPS) is 12.5. The topological polar surface area (TPSA) is 0 Å². The maximum absolute atomic E-state index is 2.33. The second kappa shape index (κ2) is 6.02. The summed E-state index contributed by atoms with van der Waals surface area (Å²) in [6, 6.07) is 0. The largest absolute Gasteiger partial charge is 1.00 e. The SMILES string of the molecule is CC[N+](CC)(CC)CC(C)(C)C.[Br-]. The Hall–Kier alpha value is 0.440.